The third-order valence-corrected chi connectivity index (χ3v) is 1.95. The van der Waals surface area contributed by atoms with Crippen molar-refractivity contribution in [2.45, 2.75) is 5.88 Å². The molecule has 0 saturated carbocycles. The zero-order valence-electron chi connectivity index (χ0n) is 6.92. The summed E-state index contributed by atoms with van der Waals surface area (Å²) in [4.78, 5) is 10.6. The molecule has 0 aromatic heterocycles. The predicted octanol–water partition coefficient (Wildman–Crippen LogP) is 2.13. The van der Waals surface area contributed by atoms with Crippen LogP contribution in [0.4, 0.5) is 4.39 Å². The monoisotopic (exact) mass is 213 g/mol. The molecule has 0 spiro atoms. The number of nitrogens with zero attached hydrogens (tertiary/aromatic N) is 1. The van der Waals surface area contributed by atoms with Gasteiger partial charge < -0.3 is 5.11 Å². The minimum Gasteiger partial charge on any atom is -0.478 e. The van der Waals surface area contributed by atoms with Crippen LogP contribution in [0.2, 0.25) is 0 Å². The van der Waals surface area contributed by atoms with Gasteiger partial charge >= 0.3 is 5.97 Å². The third kappa shape index (κ3) is 1.83. The average Bonchev–Trinajstić information content (AvgIpc) is 2.15. The Morgan fingerprint density at radius 2 is 2.29 bits per heavy atom. The Morgan fingerprint density at radius 1 is 1.64 bits per heavy atom. The molecular formula is C9H5ClFNO2. The lowest BCUT2D eigenvalue weighted by Crippen LogP contribution is -2.05. The molecule has 1 rings (SSSR count). The largest absolute Gasteiger partial charge is 0.478 e. The quantitative estimate of drug-likeness (QED) is 0.766. The molecule has 0 aliphatic heterocycles. The van der Waals surface area contributed by atoms with Crippen LogP contribution in [0, 0.1) is 17.1 Å². The molecule has 0 heterocycles. The zero-order chi connectivity index (χ0) is 10.7. The summed E-state index contributed by atoms with van der Waals surface area (Å²) in [7, 11) is 0. The van der Waals surface area contributed by atoms with Gasteiger partial charge in [0, 0.05) is 5.88 Å². The van der Waals surface area contributed by atoms with Crippen molar-refractivity contribution in [2.24, 2.45) is 0 Å². The summed E-state index contributed by atoms with van der Waals surface area (Å²) >= 11 is 5.44. The van der Waals surface area contributed by atoms with E-state index in [4.69, 9.17) is 22.0 Å². The van der Waals surface area contributed by atoms with E-state index in [0.29, 0.717) is 5.56 Å². The topological polar surface area (TPSA) is 61.1 Å². The highest BCUT2D eigenvalue weighted by Crippen LogP contribution is 2.17. The fourth-order valence-corrected chi connectivity index (χ4v) is 1.20. The van der Waals surface area contributed by atoms with Gasteiger partial charge in [0.25, 0.3) is 0 Å². The van der Waals surface area contributed by atoms with Crippen molar-refractivity contribution in [1.82, 2.24) is 0 Å². The summed E-state index contributed by atoms with van der Waals surface area (Å²) in [5, 5.41) is 17.2. The van der Waals surface area contributed by atoms with Gasteiger partial charge in [-0.1, -0.05) is 0 Å². The van der Waals surface area contributed by atoms with E-state index >= 15 is 0 Å². The number of benzene rings is 1. The minimum atomic E-state index is -1.46. The second kappa shape index (κ2) is 4.07. The van der Waals surface area contributed by atoms with Crippen molar-refractivity contribution in [2.75, 3.05) is 0 Å². The lowest BCUT2D eigenvalue weighted by molar-refractivity contribution is 0.0691. The summed E-state index contributed by atoms with van der Waals surface area (Å²) in [6.07, 6.45) is 0. The van der Waals surface area contributed by atoms with Crippen molar-refractivity contribution in [3.05, 3.63) is 34.6 Å². The van der Waals surface area contributed by atoms with Crippen LogP contribution in [0.1, 0.15) is 21.5 Å². The molecule has 0 aliphatic carbocycles. The third-order valence-electron chi connectivity index (χ3n) is 1.64. The Kier molecular flexibility index (Phi) is 3.05. The zero-order valence-corrected chi connectivity index (χ0v) is 7.68. The fraction of sp³-hybridized carbons (Fsp3) is 0.111. The van der Waals surface area contributed by atoms with Gasteiger partial charge in [-0.15, -0.1) is 11.6 Å². The van der Waals surface area contributed by atoms with Crippen molar-refractivity contribution >= 4 is 17.6 Å². The molecule has 0 fully saturated rings. The highest BCUT2D eigenvalue weighted by molar-refractivity contribution is 6.17. The number of carbonyl (C=O) groups is 1. The first-order valence-corrected chi connectivity index (χ1v) is 4.15. The van der Waals surface area contributed by atoms with Crippen LogP contribution < -0.4 is 0 Å². The van der Waals surface area contributed by atoms with Crippen LogP contribution >= 0.6 is 11.6 Å². The Balaban J connectivity index is 3.44. The molecule has 0 bridgehead atoms. The molecule has 0 unspecified atom stereocenters. The van der Waals surface area contributed by atoms with Crippen molar-refractivity contribution in [1.29, 1.82) is 5.26 Å². The van der Waals surface area contributed by atoms with Crippen LogP contribution in [0.15, 0.2) is 12.1 Å². The number of hydrogen-bond donors (Lipinski definition) is 1. The predicted molar refractivity (Wildman–Crippen MR) is 47.6 cm³/mol. The van der Waals surface area contributed by atoms with E-state index in [1.807, 2.05) is 0 Å². The van der Waals surface area contributed by atoms with E-state index in [2.05, 4.69) is 0 Å². The molecule has 1 aromatic carbocycles. The number of halogens is 2. The van der Waals surface area contributed by atoms with Gasteiger partial charge in [0.05, 0.1) is 5.56 Å². The molecule has 0 amide bonds. The number of rotatable bonds is 2. The number of hydrogen-bond acceptors (Lipinski definition) is 2. The van der Waals surface area contributed by atoms with Crippen molar-refractivity contribution in [3.8, 4) is 6.07 Å². The van der Waals surface area contributed by atoms with E-state index in [1.165, 1.54) is 6.07 Å². The highest BCUT2D eigenvalue weighted by Gasteiger charge is 2.16. The van der Waals surface area contributed by atoms with Gasteiger partial charge in [-0.2, -0.15) is 5.26 Å². The molecule has 72 valence electrons. The normalized spacial score (nSPS) is 9.50. The second-order valence-electron chi connectivity index (χ2n) is 2.55. The second-order valence-corrected chi connectivity index (χ2v) is 2.82. The summed E-state index contributed by atoms with van der Waals surface area (Å²) < 4.78 is 13.1. The Morgan fingerprint density at radius 3 is 2.71 bits per heavy atom. The first-order valence-electron chi connectivity index (χ1n) is 3.62. The van der Waals surface area contributed by atoms with Gasteiger partial charge in [-0.25, -0.2) is 9.18 Å². The highest BCUT2D eigenvalue weighted by atomic mass is 35.5. The molecule has 3 nitrogen and oxygen atoms in total. The lowest BCUT2D eigenvalue weighted by atomic mass is 10.0. The first kappa shape index (κ1) is 10.5. The summed E-state index contributed by atoms with van der Waals surface area (Å²) in [6, 6.07) is 3.89. The molecular weight excluding hydrogens is 209 g/mol. The summed E-state index contributed by atoms with van der Waals surface area (Å²) in [6.45, 7) is 0. The molecule has 1 aromatic rings. The maximum Gasteiger partial charge on any atom is 0.340 e. The van der Waals surface area contributed by atoms with Crippen molar-refractivity contribution < 1.29 is 14.3 Å². The van der Waals surface area contributed by atoms with E-state index in [0.717, 1.165) is 6.07 Å². The lowest BCUT2D eigenvalue weighted by Gasteiger charge is -2.02. The Bertz CT molecular complexity index is 426. The van der Waals surface area contributed by atoms with Gasteiger partial charge in [0.1, 0.15) is 17.4 Å². The Hall–Kier alpha value is -1.60. The van der Waals surface area contributed by atoms with Crippen LogP contribution in [0.25, 0.3) is 0 Å². The summed E-state index contributed by atoms with van der Waals surface area (Å²) in [5.74, 6) is -2.36. The number of alkyl halides is 1. The molecule has 0 radical (unpaired) electrons. The number of carboxylic acids is 1. The molecule has 14 heavy (non-hydrogen) atoms. The number of carboxylic acid groups (broad SMARTS) is 1. The molecule has 0 saturated heterocycles. The van der Waals surface area contributed by atoms with Crippen LogP contribution in [-0.2, 0) is 5.88 Å². The molecule has 0 aliphatic rings. The molecule has 0 atom stereocenters. The van der Waals surface area contributed by atoms with E-state index in [1.54, 1.807) is 6.07 Å². The van der Waals surface area contributed by atoms with Gasteiger partial charge in [0.2, 0.25) is 0 Å². The van der Waals surface area contributed by atoms with Crippen LogP contribution in [0.5, 0.6) is 0 Å². The summed E-state index contributed by atoms with van der Waals surface area (Å²) in [5.41, 5.74) is -0.444. The van der Waals surface area contributed by atoms with Gasteiger partial charge in [-0.05, 0) is 17.7 Å². The first-order chi connectivity index (χ1) is 6.60. The minimum absolute atomic E-state index is 0.0332. The smallest absolute Gasteiger partial charge is 0.340 e. The van der Waals surface area contributed by atoms with E-state index < -0.39 is 17.3 Å². The van der Waals surface area contributed by atoms with E-state index in [9.17, 15) is 9.18 Å². The van der Waals surface area contributed by atoms with Crippen LogP contribution in [-0.4, -0.2) is 11.1 Å². The maximum atomic E-state index is 13.1. The number of nitriles is 1. The molecule has 1 N–H and O–H groups in total. The SMILES string of the molecule is N#Cc1cc(CCl)cc(F)c1C(=O)O. The Labute approximate surface area is 84.3 Å². The average molecular weight is 214 g/mol. The van der Waals surface area contributed by atoms with Crippen LogP contribution in [0.3, 0.4) is 0 Å². The number of aromatic carboxylic acids is 1. The standard InChI is InChI=1S/C9H5ClFNO2/c10-3-5-1-6(4-12)8(9(13)14)7(11)2-5/h1-2H,3H2,(H,13,14). The van der Waals surface area contributed by atoms with E-state index in [-0.39, 0.29) is 11.4 Å². The fourth-order valence-electron chi connectivity index (χ4n) is 1.05. The van der Waals surface area contributed by atoms with Gasteiger partial charge in [-0.3, -0.25) is 0 Å². The molecule has 5 heteroatoms. The van der Waals surface area contributed by atoms with Gasteiger partial charge in [0.15, 0.2) is 0 Å². The maximum absolute atomic E-state index is 13.1. The van der Waals surface area contributed by atoms with Crippen molar-refractivity contribution in [3.63, 3.8) is 0 Å².